The number of benzene rings is 2. The second kappa shape index (κ2) is 12.8. The number of amidine groups is 1. The third-order valence-corrected chi connectivity index (χ3v) is 8.05. The van der Waals surface area contributed by atoms with Crippen molar-refractivity contribution in [1.29, 1.82) is 10.7 Å². The van der Waals surface area contributed by atoms with Crippen LogP contribution in [0.4, 0.5) is 0 Å². The van der Waals surface area contributed by atoms with Crippen LogP contribution in [0.2, 0.25) is 0 Å². The van der Waals surface area contributed by atoms with E-state index in [2.05, 4.69) is 50.6 Å². The normalized spacial score (nSPS) is 18.1. The Balaban J connectivity index is 1.97. The van der Waals surface area contributed by atoms with Crippen LogP contribution < -0.4 is 27.8 Å². The van der Waals surface area contributed by atoms with Gasteiger partial charge in [-0.1, -0.05) is 51.6 Å². The molecule has 0 spiro atoms. The van der Waals surface area contributed by atoms with Crippen LogP contribution >= 0.6 is 0 Å². The lowest BCUT2D eigenvalue weighted by atomic mass is 9.67. The van der Waals surface area contributed by atoms with Gasteiger partial charge in [-0.05, 0) is 84.5 Å². The van der Waals surface area contributed by atoms with E-state index in [-0.39, 0.29) is 17.9 Å². The van der Waals surface area contributed by atoms with Crippen LogP contribution in [0.15, 0.2) is 55.3 Å². The van der Waals surface area contributed by atoms with Gasteiger partial charge in [-0.15, -0.1) is 0 Å². The van der Waals surface area contributed by atoms with Gasteiger partial charge >= 0.3 is 0 Å². The number of rotatable bonds is 13. The molecule has 40 heavy (non-hydrogen) atoms. The lowest BCUT2D eigenvalue weighted by Crippen LogP contribution is -2.48. The quantitative estimate of drug-likeness (QED) is 0.166. The van der Waals surface area contributed by atoms with Gasteiger partial charge in [0, 0.05) is 29.5 Å². The molecule has 9 N–H and O–H groups in total. The minimum Gasteiger partial charge on any atom is -0.399 e. The van der Waals surface area contributed by atoms with Gasteiger partial charge in [0.15, 0.2) is 0 Å². The van der Waals surface area contributed by atoms with E-state index in [1.165, 1.54) is 0 Å². The molecule has 2 aromatic carbocycles. The van der Waals surface area contributed by atoms with E-state index >= 15 is 0 Å². The SMILES string of the molecule is C=C(CN[C@H](C)CC1(C(=N)N)c2ccc(C(=C)N)cc2CCc2cc(C(N)=O)ccc21)NC(C#N)C[C@@H](C)CC. The minimum absolute atomic E-state index is 0.0201. The molecule has 8 nitrogen and oxygen atoms in total. The van der Waals surface area contributed by atoms with E-state index in [1.54, 1.807) is 6.07 Å². The summed E-state index contributed by atoms with van der Waals surface area (Å²) >= 11 is 0. The maximum absolute atomic E-state index is 12.0. The largest absolute Gasteiger partial charge is 0.399 e. The van der Waals surface area contributed by atoms with Gasteiger partial charge in [-0.25, -0.2) is 0 Å². The van der Waals surface area contributed by atoms with Gasteiger partial charge in [0.05, 0.1) is 11.5 Å². The standard InChI is InChI=1S/C32H43N7O/c1-6-19(2)13-27(17-33)39-21(4)18-38-20(3)16-32(31(36)37)28-11-9-23(22(5)34)14-24(28)7-8-25-15-26(30(35)40)10-12-29(25)32/h9-12,14-15,19-20,27,38-39H,4-8,13,16,18,34H2,1-3H3,(H2,35,40)(H3,36,37)/t19-,20+,27?,32?/m0/s1. The molecule has 0 aliphatic heterocycles. The maximum Gasteiger partial charge on any atom is 0.248 e. The first-order chi connectivity index (χ1) is 18.9. The molecule has 2 unspecified atom stereocenters. The maximum atomic E-state index is 12.0. The number of carbonyl (C=O) groups is 1. The molecule has 0 saturated carbocycles. The summed E-state index contributed by atoms with van der Waals surface area (Å²) in [7, 11) is 0. The fourth-order valence-corrected chi connectivity index (χ4v) is 5.66. The number of nitrogens with zero attached hydrogens (tertiary/aromatic N) is 1. The Bertz CT molecular complexity index is 1270. The zero-order chi connectivity index (χ0) is 29.6. The summed E-state index contributed by atoms with van der Waals surface area (Å²) in [6.07, 6.45) is 3.61. The molecule has 0 fully saturated rings. The Morgan fingerprint density at radius 3 is 2.15 bits per heavy atom. The van der Waals surface area contributed by atoms with Crippen molar-refractivity contribution in [3.63, 3.8) is 0 Å². The molecule has 1 aliphatic carbocycles. The third-order valence-electron chi connectivity index (χ3n) is 8.05. The first-order valence-corrected chi connectivity index (χ1v) is 13.9. The highest BCUT2D eigenvalue weighted by Crippen LogP contribution is 2.44. The molecule has 0 radical (unpaired) electrons. The van der Waals surface area contributed by atoms with E-state index < -0.39 is 11.3 Å². The Labute approximate surface area is 238 Å². The number of nitrogens with one attached hydrogen (secondary N) is 3. The van der Waals surface area contributed by atoms with Crippen LogP contribution in [-0.2, 0) is 18.3 Å². The van der Waals surface area contributed by atoms with Crippen molar-refractivity contribution in [2.75, 3.05) is 6.54 Å². The van der Waals surface area contributed by atoms with Gasteiger partial charge < -0.3 is 27.8 Å². The van der Waals surface area contributed by atoms with Crippen molar-refractivity contribution >= 4 is 17.4 Å². The number of amides is 1. The molecule has 8 heteroatoms. The average Bonchev–Trinajstić information content (AvgIpc) is 3.05. The van der Waals surface area contributed by atoms with Crippen LogP contribution in [0, 0.1) is 22.7 Å². The van der Waals surface area contributed by atoms with Crippen molar-refractivity contribution in [3.05, 3.63) is 88.6 Å². The summed E-state index contributed by atoms with van der Waals surface area (Å²) < 4.78 is 0. The average molecular weight is 542 g/mol. The number of primary amides is 1. The predicted molar refractivity (Wildman–Crippen MR) is 163 cm³/mol. The number of carbonyl (C=O) groups excluding carboxylic acids is 1. The fraction of sp³-hybridized carbons (Fsp3) is 0.406. The molecule has 0 bridgehead atoms. The lowest BCUT2D eigenvalue weighted by Gasteiger charge is -2.38. The monoisotopic (exact) mass is 541 g/mol. The zero-order valence-electron chi connectivity index (χ0n) is 23.9. The fourth-order valence-electron chi connectivity index (χ4n) is 5.66. The smallest absolute Gasteiger partial charge is 0.248 e. The Hall–Kier alpha value is -4.09. The summed E-state index contributed by atoms with van der Waals surface area (Å²) in [6, 6.07) is 13.3. The highest BCUT2D eigenvalue weighted by Gasteiger charge is 2.43. The van der Waals surface area contributed by atoms with Crippen LogP contribution in [0.5, 0.6) is 0 Å². The van der Waals surface area contributed by atoms with Crippen molar-refractivity contribution in [2.45, 2.75) is 70.4 Å². The van der Waals surface area contributed by atoms with Gasteiger partial charge in [0.2, 0.25) is 5.91 Å². The Kier molecular flexibility index (Phi) is 9.78. The summed E-state index contributed by atoms with van der Waals surface area (Å²) in [5.74, 6) is -0.0360. The van der Waals surface area contributed by atoms with E-state index in [9.17, 15) is 10.1 Å². The Morgan fingerprint density at radius 1 is 1.07 bits per heavy atom. The molecule has 4 atom stereocenters. The van der Waals surface area contributed by atoms with E-state index in [1.807, 2.05) is 30.3 Å². The molecular formula is C32H43N7O. The van der Waals surface area contributed by atoms with Gasteiger partial charge in [0.1, 0.15) is 11.9 Å². The molecule has 1 aliphatic rings. The topological polar surface area (TPSA) is 167 Å². The Morgan fingerprint density at radius 2 is 1.65 bits per heavy atom. The second-order valence-electron chi connectivity index (χ2n) is 11.1. The second-order valence-corrected chi connectivity index (χ2v) is 11.1. The predicted octanol–water partition coefficient (Wildman–Crippen LogP) is 3.84. The van der Waals surface area contributed by atoms with E-state index in [0.29, 0.717) is 43.0 Å². The number of nitriles is 1. The van der Waals surface area contributed by atoms with E-state index in [4.69, 9.17) is 22.6 Å². The summed E-state index contributed by atoms with van der Waals surface area (Å²) in [5.41, 5.74) is 23.5. The van der Waals surface area contributed by atoms with Crippen LogP contribution in [0.3, 0.4) is 0 Å². The van der Waals surface area contributed by atoms with Crippen molar-refractivity contribution in [1.82, 2.24) is 10.6 Å². The number of hydrogen-bond acceptors (Lipinski definition) is 6. The molecule has 0 saturated heterocycles. The first kappa shape index (κ1) is 30.5. The first-order valence-electron chi connectivity index (χ1n) is 13.9. The molecule has 2 aromatic rings. The van der Waals surface area contributed by atoms with Crippen molar-refractivity contribution in [3.8, 4) is 6.07 Å². The molecule has 3 rings (SSSR count). The summed E-state index contributed by atoms with van der Waals surface area (Å²) in [6.45, 7) is 14.8. The van der Waals surface area contributed by atoms with Crippen LogP contribution in [0.25, 0.3) is 5.70 Å². The number of hydrogen-bond donors (Lipinski definition) is 6. The number of nitrogens with two attached hydrogens (primary N) is 3. The minimum atomic E-state index is -0.946. The van der Waals surface area contributed by atoms with Crippen LogP contribution in [-0.4, -0.2) is 30.4 Å². The molecule has 212 valence electrons. The molecule has 1 amide bonds. The van der Waals surface area contributed by atoms with Crippen molar-refractivity contribution < 1.29 is 4.79 Å². The number of fused-ring (bicyclic) bond motifs is 2. The molecule has 0 aromatic heterocycles. The summed E-state index contributed by atoms with van der Waals surface area (Å²) in [4.78, 5) is 12.0. The lowest BCUT2D eigenvalue weighted by molar-refractivity contribution is 0.1000. The highest BCUT2D eigenvalue weighted by atomic mass is 16.1. The van der Waals surface area contributed by atoms with Crippen molar-refractivity contribution in [2.24, 2.45) is 23.1 Å². The number of aryl methyl sites for hydroxylation is 2. The van der Waals surface area contributed by atoms with Gasteiger partial charge in [-0.2, -0.15) is 5.26 Å². The molecular weight excluding hydrogens is 498 g/mol. The van der Waals surface area contributed by atoms with Crippen LogP contribution in [0.1, 0.15) is 78.2 Å². The zero-order valence-corrected chi connectivity index (χ0v) is 23.9. The highest BCUT2D eigenvalue weighted by molar-refractivity contribution is 5.96. The summed E-state index contributed by atoms with van der Waals surface area (Å²) in [5, 5.41) is 25.3. The van der Waals surface area contributed by atoms with Gasteiger partial charge in [0.25, 0.3) is 0 Å². The molecule has 0 heterocycles. The van der Waals surface area contributed by atoms with Gasteiger partial charge in [-0.3, -0.25) is 10.2 Å². The third kappa shape index (κ3) is 6.54. The van der Waals surface area contributed by atoms with E-state index in [0.717, 1.165) is 46.4 Å².